The van der Waals surface area contributed by atoms with Crippen molar-refractivity contribution < 1.29 is 10.2 Å². The Hall–Kier alpha value is 0.959. The van der Waals surface area contributed by atoms with Crippen LogP contribution in [-0.2, 0) is 0 Å². The molecule has 0 amide bonds. The third-order valence-electron chi connectivity index (χ3n) is 0.224. The Labute approximate surface area is 49.5 Å². The molecule has 0 spiro atoms. The SMILES string of the molecule is OC(O)C[Se][SeH]. The van der Waals surface area contributed by atoms with E-state index in [4.69, 9.17) is 10.2 Å². The maximum absolute atomic E-state index is 8.11. The Balaban J connectivity index is 2.63. The van der Waals surface area contributed by atoms with Crippen molar-refractivity contribution in [3.05, 3.63) is 0 Å². The molecule has 0 aliphatic heterocycles. The van der Waals surface area contributed by atoms with Gasteiger partial charge in [-0.05, 0) is 0 Å². The predicted octanol–water partition coefficient (Wildman–Crippen LogP) is -1.76. The van der Waals surface area contributed by atoms with E-state index < -0.39 is 6.29 Å². The summed E-state index contributed by atoms with van der Waals surface area (Å²) in [5.41, 5.74) is 0. The molecule has 0 heterocycles. The van der Waals surface area contributed by atoms with Crippen LogP contribution in [0.25, 0.3) is 0 Å². The number of aliphatic hydroxyl groups is 2. The van der Waals surface area contributed by atoms with Gasteiger partial charge in [-0.15, -0.1) is 0 Å². The second kappa shape index (κ2) is 4.13. The van der Waals surface area contributed by atoms with Gasteiger partial charge in [0, 0.05) is 0 Å². The normalized spacial score (nSPS) is 10.0. The standard InChI is InChI=1S/C2H6O2Se2/c3-2(4)1-6-5/h2-5H,1H2. The first kappa shape index (κ1) is 6.96. The van der Waals surface area contributed by atoms with Gasteiger partial charge in [0.25, 0.3) is 0 Å². The summed E-state index contributed by atoms with van der Waals surface area (Å²) in [5, 5.41) is 16.7. The maximum atomic E-state index is 8.11. The predicted molar refractivity (Wildman–Crippen MR) is 25.9 cm³/mol. The molecule has 2 N–H and O–H groups in total. The Kier molecular flexibility index (Phi) is 4.79. The van der Waals surface area contributed by atoms with Gasteiger partial charge in [-0.3, -0.25) is 0 Å². The summed E-state index contributed by atoms with van der Waals surface area (Å²) in [7, 11) is 0. The van der Waals surface area contributed by atoms with Crippen LogP contribution in [0.1, 0.15) is 0 Å². The molecule has 0 rings (SSSR count). The molecule has 0 aliphatic carbocycles. The van der Waals surface area contributed by atoms with Crippen LogP contribution in [0.15, 0.2) is 0 Å². The Morgan fingerprint density at radius 3 is 2.17 bits per heavy atom. The summed E-state index contributed by atoms with van der Waals surface area (Å²) in [6.45, 7) is 0. The zero-order valence-electron chi connectivity index (χ0n) is 3.03. The molecule has 0 saturated carbocycles. The van der Waals surface area contributed by atoms with Gasteiger partial charge in [0.1, 0.15) is 0 Å². The molecule has 0 aromatic heterocycles. The minimum atomic E-state index is -1.09. The van der Waals surface area contributed by atoms with E-state index in [0.717, 1.165) is 0 Å². The molecule has 0 aromatic carbocycles. The van der Waals surface area contributed by atoms with Crippen molar-refractivity contribution in [3.63, 3.8) is 0 Å². The summed E-state index contributed by atoms with van der Waals surface area (Å²) in [5.74, 6) is 0. The molecule has 4 heteroatoms. The summed E-state index contributed by atoms with van der Waals surface area (Å²) in [4.78, 5) is 0. The van der Waals surface area contributed by atoms with Gasteiger partial charge < -0.3 is 0 Å². The second-order valence-electron chi connectivity index (χ2n) is 0.776. The van der Waals surface area contributed by atoms with Crippen LogP contribution >= 0.6 is 0 Å². The Morgan fingerprint density at radius 2 is 2.17 bits per heavy atom. The van der Waals surface area contributed by atoms with Gasteiger partial charge in [-0.1, -0.05) is 0 Å². The van der Waals surface area contributed by atoms with Crippen molar-refractivity contribution in [2.75, 3.05) is 0 Å². The summed E-state index contributed by atoms with van der Waals surface area (Å²) in [6, 6.07) is 0. The molecule has 0 atom stereocenters. The molecular weight excluding hydrogens is 214 g/mol. The van der Waals surface area contributed by atoms with E-state index in [1.54, 1.807) is 0 Å². The molecule has 0 unspecified atom stereocenters. The van der Waals surface area contributed by atoms with E-state index in [-0.39, 0.29) is 0 Å². The van der Waals surface area contributed by atoms with Crippen molar-refractivity contribution in [3.8, 4) is 0 Å². The summed E-state index contributed by atoms with van der Waals surface area (Å²) < 4.78 is 0. The van der Waals surface area contributed by atoms with Gasteiger partial charge in [-0.2, -0.15) is 0 Å². The molecule has 0 aromatic rings. The van der Waals surface area contributed by atoms with Crippen molar-refractivity contribution in [2.45, 2.75) is 11.6 Å². The third-order valence-corrected chi connectivity index (χ3v) is 2.79. The van der Waals surface area contributed by atoms with Gasteiger partial charge in [0.15, 0.2) is 0 Å². The van der Waals surface area contributed by atoms with Crippen LogP contribution in [-0.4, -0.2) is 43.8 Å². The monoisotopic (exact) mass is 222 g/mol. The van der Waals surface area contributed by atoms with Gasteiger partial charge in [0.2, 0.25) is 0 Å². The van der Waals surface area contributed by atoms with Crippen LogP contribution in [0.5, 0.6) is 0 Å². The Morgan fingerprint density at radius 1 is 1.67 bits per heavy atom. The van der Waals surface area contributed by atoms with Crippen molar-refractivity contribution in [1.29, 1.82) is 0 Å². The minimum absolute atomic E-state index is 0.334. The fraction of sp³-hybridized carbons (Fsp3) is 1.00. The average Bonchev–Trinajstić information content (AvgIpc) is 1.35. The van der Waals surface area contributed by atoms with E-state index in [1.807, 2.05) is 0 Å². The van der Waals surface area contributed by atoms with E-state index >= 15 is 0 Å². The van der Waals surface area contributed by atoms with Crippen LogP contribution < -0.4 is 0 Å². The first-order valence-corrected chi connectivity index (χ1v) is 7.35. The van der Waals surface area contributed by atoms with Crippen LogP contribution in [0, 0.1) is 0 Å². The average molecular weight is 220 g/mol. The number of hydrogen-bond donors (Lipinski definition) is 2. The number of aliphatic hydroxyl groups excluding tert-OH is 1. The zero-order chi connectivity index (χ0) is 4.99. The van der Waals surface area contributed by atoms with E-state index in [1.165, 1.54) is 0 Å². The molecule has 6 heavy (non-hydrogen) atoms. The fourth-order valence-electron chi connectivity index (χ4n) is 0.0667. The van der Waals surface area contributed by atoms with Crippen molar-refractivity contribution in [2.24, 2.45) is 0 Å². The molecule has 0 fully saturated rings. The van der Waals surface area contributed by atoms with E-state index in [2.05, 4.69) is 14.2 Å². The zero-order valence-corrected chi connectivity index (χ0v) is 6.62. The van der Waals surface area contributed by atoms with Crippen LogP contribution in [0.3, 0.4) is 0 Å². The number of hydrogen-bond acceptors (Lipinski definition) is 2. The molecule has 0 saturated heterocycles. The van der Waals surface area contributed by atoms with Gasteiger partial charge in [-0.25, -0.2) is 0 Å². The molecule has 38 valence electrons. The fourth-order valence-corrected chi connectivity index (χ4v) is 1.80. The quantitative estimate of drug-likeness (QED) is 0.427. The second-order valence-corrected chi connectivity index (χ2v) is 4.83. The Bertz CT molecular complexity index is 30.7. The molecule has 0 bridgehead atoms. The number of rotatable bonds is 2. The molecule has 0 aliphatic rings. The molecule has 0 radical (unpaired) electrons. The van der Waals surface area contributed by atoms with Gasteiger partial charge in [0.05, 0.1) is 0 Å². The van der Waals surface area contributed by atoms with Crippen molar-refractivity contribution >= 4 is 27.3 Å². The first-order valence-electron chi connectivity index (χ1n) is 1.40. The van der Waals surface area contributed by atoms with Crippen LogP contribution in [0.4, 0.5) is 0 Å². The molecule has 2 nitrogen and oxygen atoms in total. The molecular formula is C2H6O2Se2. The topological polar surface area (TPSA) is 40.5 Å². The van der Waals surface area contributed by atoms with Crippen molar-refractivity contribution in [1.82, 2.24) is 0 Å². The third kappa shape index (κ3) is 4.96. The van der Waals surface area contributed by atoms with E-state index in [0.29, 0.717) is 18.5 Å². The van der Waals surface area contributed by atoms with Crippen LogP contribution in [0.2, 0.25) is 5.32 Å². The first-order chi connectivity index (χ1) is 2.77. The summed E-state index contributed by atoms with van der Waals surface area (Å²) in [6.07, 6.45) is -1.09. The van der Waals surface area contributed by atoms with E-state index in [9.17, 15) is 0 Å². The van der Waals surface area contributed by atoms with Gasteiger partial charge >= 0.3 is 49.1 Å². The summed E-state index contributed by atoms with van der Waals surface area (Å²) >= 11 is 2.68.